The first-order valence-electron chi connectivity index (χ1n) is 7.41. The summed E-state index contributed by atoms with van der Waals surface area (Å²) in [5.41, 5.74) is 1.24. The standard InChI is InChI=1S/C18H18FNO3/c1-22-16-8-7-11(9-17(16)23-2)20-18(21)14-10-13(14)12-5-3-4-6-15(12)19/h3-9,13-14H,10H2,1-2H3,(H,20,21). The molecule has 0 aliphatic heterocycles. The number of carbonyl (C=O) groups excluding carboxylic acids is 1. The number of rotatable bonds is 5. The summed E-state index contributed by atoms with van der Waals surface area (Å²) in [6, 6.07) is 11.8. The number of hydrogen-bond acceptors (Lipinski definition) is 3. The highest BCUT2D eigenvalue weighted by molar-refractivity contribution is 5.95. The molecule has 0 spiro atoms. The zero-order valence-corrected chi connectivity index (χ0v) is 13.0. The SMILES string of the molecule is COc1ccc(NC(=O)C2CC2c2ccccc2F)cc1OC. The summed E-state index contributed by atoms with van der Waals surface area (Å²) in [4.78, 5) is 12.3. The zero-order chi connectivity index (χ0) is 16.4. The molecule has 0 aromatic heterocycles. The fourth-order valence-electron chi connectivity index (χ4n) is 2.75. The summed E-state index contributed by atoms with van der Waals surface area (Å²) in [5.74, 6) is 0.550. The van der Waals surface area contributed by atoms with Crippen molar-refractivity contribution >= 4 is 11.6 Å². The van der Waals surface area contributed by atoms with Crippen LogP contribution in [0.5, 0.6) is 11.5 Å². The van der Waals surface area contributed by atoms with Gasteiger partial charge < -0.3 is 14.8 Å². The Bertz CT molecular complexity index is 732. The molecule has 1 aliphatic rings. The minimum absolute atomic E-state index is 0.0451. The monoisotopic (exact) mass is 315 g/mol. The van der Waals surface area contributed by atoms with Gasteiger partial charge in [-0.15, -0.1) is 0 Å². The molecule has 1 aliphatic carbocycles. The van der Waals surface area contributed by atoms with Gasteiger partial charge in [-0.25, -0.2) is 4.39 Å². The minimum Gasteiger partial charge on any atom is -0.493 e. The first-order valence-corrected chi connectivity index (χ1v) is 7.41. The molecule has 4 nitrogen and oxygen atoms in total. The van der Waals surface area contributed by atoms with E-state index in [1.165, 1.54) is 6.07 Å². The Kier molecular flexibility index (Phi) is 4.19. The molecule has 1 amide bonds. The van der Waals surface area contributed by atoms with Crippen LogP contribution in [0.1, 0.15) is 17.9 Å². The summed E-state index contributed by atoms with van der Waals surface area (Å²) in [7, 11) is 3.10. The van der Waals surface area contributed by atoms with Gasteiger partial charge in [0, 0.05) is 17.7 Å². The van der Waals surface area contributed by atoms with Gasteiger partial charge in [-0.2, -0.15) is 0 Å². The molecular weight excluding hydrogens is 297 g/mol. The second-order valence-electron chi connectivity index (χ2n) is 5.53. The van der Waals surface area contributed by atoms with Gasteiger partial charge in [-0.05, 0) is 36.1 Å². The Hall–Kier alpha value is -2.56. The van der Waals surface area contributed by atoms with Crippen LogP contribution < -0.4 is 14.8 Å². The molecule has 2 atom stereocenters. The number of methoxy groups -OCH3 is 2. The van der Waals surface area contributed by atoms with Gasteiger partial charge in [0.25, 0.3) is 0 Å². The summed E-state index contributed by atoms with van der Waals surface area (Å²) < 4.78 is 24.1. The first-order chi connectivity index (χ1) is 11.1. The van der Waals surface area contributed by atoms with E-state index in [2.05, 4.69) is 5.32 Å². The molecule has 23 heavy (non-hydrogen) atoms. The summed E-state index contributed by atoms with van der Waals surface area (Å²) in [6.07, 6.45) is 0.667. The van der Waals surface area contributed by atoms with E-state index >= 15 is 0 Å². The van der Waals surface area contributed by atoms with Crippen molar-refractivity contribution in [3.63, 3.8) is 0 Å². The maximum Gasteiger partial charge on any atom is 0.228 e. The van der Waals surface area contributed by atoms with Crippen LogP contribution in [0, 0.1) is 11.7 Å². The molecule has 0 radical (unpaired) electrons. The van der Waals surface area contributed by atoms with E-state index in [4.69, 9.17) is 9.47 Å². The van der Waals surface area contributed by atoms with E-state index in [9.17, 15) is 9.18 Å². The van der Waals surface area contributed by atoms with Gasteiger partial charge in [0.15, 0.2) is 11.5 Å². The number of anilines is 1. The van der Waals surface area contributed by atoms with Gasteiger partial charge in [0.1, 0.15) is 5.82 Å². The van der Waals surface area contributed by atoms with Crippen molar-refractivity contribution in [3.05, 3.63) is 53.8 Å². The highest BCUT2D eigenvalue weighted by Crippen LogP contribution is 2.48. The number of nitrogens with one attached hydrogen (secondary N) is 1. The predicted molar refractivity (Wildman–Crippen MR) is 85.4 cm³/mol. The molecular formula is C18H18FNO3. The quantitative estimate of drug-likeness (QED) is 0.917. The molecule has 1 N–H and O–H groups in total. The molecule has 0 bridgehead atoms. The van der Waals surface area contributed by atoms with Crippen molar-refractivity contribution in [2.24, 2.45) is 5.92 Å². The third-order valence-electron chi connectivity index (χ3n) is 4.08. The van der Waals surface area contributed by atoms with Gasteiger partial charge in [0.2, 0.25) is 5.91 Å². The number of ether oxygens (including phenoxy) is 2. The van der Waals surface area contributed by atoms with Crippen molar-refractivity contribution in [1.82, 2.24) is 0 Å². The van der Waals surface area contributed by atoms with E-state index in [1.54, 1.807) is 50.6 Å². The van der Waals surface area contributed by atoms with E-state index in [1.807, 2.05) is 0 Å². The van der Waals surface area contributed by atoms with Gasteiger partial charge in [0.05, 0.1) is 14.2 Å². The number of amides is 1. The van der Waals surface area contributed by atoms with Gasteiger partial charge >= 0.3 is 0 Å². The summed E-state index contributed by atoms with van der Waals surface area (Å²) in [5, 5.41) is 2.85. The largest absolute Gasteiger partial charge is 0.493 e. The lowest BCUT2D eigenvalue weighted by Gasteiger charge is -2.10. The van der Waals surface area contributed by atoms with E-state index < -0.39 is 0 Å². The molecule has 2 aromatic rings. The zero-order valence-electron chi connectivity index (χ0n) is 13.0. The Labute approximate surface area is 134 Å². The molecule has 3 rings (SSSR count). The lowest BCUT2D eigenvalue weighted by Crippen LogP contribution is -2.14. The number of benzene rings is 2. The van der Waals surface area contributed by atoms with Crippen molar-refractivity contribution in [2.45, 2.75) is 12.3 Å². The average Bonchev–Trinajstić information content (AvgIpc) is 3.35. The van der Waals surface area contributed by atoms with E-state index in [-0.39, 0.29) is 23.6 Å². The van der Waals surface area contributed by atoms with Crippen LogP contribution in [0.25, 0.3) is 0 Å². The van der Waals surface area contributed by atoms with E-state index in [0.29, 0.717) is 29.2 Å². The number of carbonyl (C=O) groups is 1. The first kappa shape index (κ1) is 15.3. The Morgan fingerprint density at radius 3 is 2.57 bits per heavy atom. The normalized spacial score (nSPS) is 19.1. The van der Waals surface area contributed by atoms with Crippen LogP contribution in [-0.4, -0.2) is 20.1 Å². The molecule has 1 fully saturated rings. The van der Waals surface area contributed by atoms with Crippen molar-refractivity contribution in [1.29, 1.82) is 0 Å². The average molecular weight is 315 g/mol. The second kappa shape index (κ2) is 6.28. The topological polar surface area (TPSA) is 47.6 Å². The van der Waals surface area contributed by atoms with Crippen molar-refractivity contribution < 1.29 is 18.7 Å². The van der Waals surface area contributed by atoms with Gasteiger partial charge in [-0.3, -0.25) is 4.79 Å². The molecule has 0 heterocycles. The Balaban J connectivity index is 1.68. The number of halogens is 1. The highest BCUT2D eigenvalue weighted by Gasteiger charge is 2.45. The maximum atomic E-state index is 13.8. The molecule has 5 heteroatoms. The smallest absolute Gasteiger partial charge is 0.228 e. The Morgan fingerprint density at radius 2 is 1.87 bits per heavy atom. The number of hydrogen-bond donors (Lipinski definition) is 1. The van der Waals surface area contributed by atoms with E-state index in [0.717, 1.165) is 0 Å². The molecule has 2 aromatic carbocycles. The van der Waals surface area contributed by atoms with Crippen LogP contribution in [0.2, 0.25) is 0 Å². The lowest BCUT2D eigenvalue weighted by atomic mass is 10.1. The van der Waals surface area contributed by atoms with Crippen LogP contribution >= 0.6 is 0 Å². The van der Waals surface area contributed by atoms with Crippen LogP contribution in [0.15, 0.2) is 42.5 Å². The third-order valence-corrected chi connectivity index (χ3v) is 4.08. The second-order valence-corrected chi connectivity index (χ2v) is 5.53. The fourth-order valence-corrected chi connectivity index (χ4v) is 2.75. The van der Waals surface area contributed by atoms with Crippen LogP contribution in [0.4, 0.5) is 10.1 Å². The lowest BCUT2D eigenvalue weighted by molar-refractivity contribution is -0.117. The van der Waals surface area contributed by atoms with Gasteiger partial charge in [-0.1, -0.05) is 18.2 Å². The minimum atomic E-state index is -0.251. The maximum absolute atomic E-state index is 13.8. The summed E-state index contributed by atoms with van der Waals surface area (Å²) >= 11 is 0. The Morgan fingerprint density at radius 1 is 1.13 bits per heavy atom. The molecule has 2 unspecified atom stereocenters. The predicted octanol–water partition coefficient (Wildman–Crippen LogP) is 3.59. The third kappa shape index (κ3) is 3.13. The fraction of sp³-hybridized carbons (Fsp3) is 0.278. The van der Waals surface area contributed by atoms with Crippen molar-refractivity contribution in [2.75, 3.05) is 19.5 Å². The molecule has 120 valence electrons. The molecule has 0 saturated heterocycles. The summed E-state index contributed by atoms with van der Waals surface area (Å²) in [6.45, 7) is 0. The highest BCUT2D eigenvalue weighted by atomic mass is 19.1. The van der Waals surface area contributed by atoms with Crippen LogP contribution in [-0.2, 0) is 4.79 Å². The van der Waals surface area contributed by atoms with Crippen LogP contribution in [0.3, 0.4) is 0 Å². The molecule has 1 saturated carbocycles. The van der Waals surface area contributed by atoms with Crippen molar-refractivity contribution in [3.8, 4) is 11.5 Å².